The van der Waals surface area contributed by atoms with Gasteiger partial charge in [-0.2, -0.15) is 0 Å². The summed E-state index contributed by atoms with van der Waals surface area (Å²) in [5.41, 5.74) is 8.42. The lowest BCUT2D eigenvalue weighted by atomic mass is 10.00. The number of nitrogens with two attached hydrogens (primary N) is 1. The van der Waals surface area contributed by atoms with Crippen molar-refractivity contribution in [2.45, 2.75) is 39.2 Å². The first-order valence-electron chi connectivity index (χ1n) is 5.47. The molecule has 1 aromatic carbocycles. The van der Waals surface area contributed by atoms with Crippen molar-refractivity contribution < 1.29 is 4.79 Å². The Labute approximate surface area is 91.5 Å². The molecule has 1 aromatic rings. The maximum atomic E-state index is 10.8. The summed E-state index contributed by atoms with van der Waals surface area (Å²) < 4.78 is 0. The molecule has 2 N–H and O–H groups in total. The maximum absolute atomic E-state index is 10.8. The molecule has 0 fully saturated rings. The molecule has 0 saturated heterocycles. The fraction of sp³-hybridized carbons (Fsp3) is 0.462. The number of hydrogen-bond acceptors (Lipinski definition) is 2. The van der Waals surface area contributed by atoms with E-state index in [4.69, 9.17) is 5.73 Å². The van der Waals surface area contributed by atoms with Gasteiger partial charge in [0.25, 0.3) is 0 Å². The van der Waals surface area contributed by atoms with Crippen LogP contribution in [0, 0.1) is 0 Å². The molecule has 0 radical (unpaired) electrons. The molecule has 15 heavy (non-hydrogen) atoms. The normalized spacial score (nSPS) is 12.5. The zero-order chi connectivity index (χ0) is 11.3. The van der Waals surface area contributed by atoms with Gasteiger partial charge in [0, 0.05) is 12.5 Å². The fourth-order valence-electron chi connectivity index (χ4n) is 1.53. The van der Waals surface area contributed by atoms with Gasteiger partial charge in [0.15, 0.2) is 0 Å². The minimum Gasteiger partial charge on any atom is -0.324 e. The van der Waals surface area contributed by atoms with Crippen molar-refractivity contribution >= 4 is 5.78 Å². The summed E-state index contributed by atoms with van der Waals surface area (Å²) in [6, 6.07) is 8.30. The third-order valence-corrected chi connectivity index (χ3v) is 2.62. The van der Waals surface area contributed by atoms with Gasteiger partial charge in [0.2, 0.25) is 0 Å². The van der Waals surface area contributed by atoms with Crippen molar-refractivity contribution in [1.82, 2.24) is 0 Å². The molecular formula is C13H19NO. The molecule has 1 unspecified atom stereocenters. The van der Waals surface area contributed by atoms with Crippen molar-refractivity contribution in [2.75, 3.05) is 0 Å². The SMILES string of the molecule is CCc1ccc(C(N)CCC(C)=O)cc1. The number of hydrogen-bond donors (Lipinski definition) is 1. The van der Waals surface area contributed by atoms with Crippen molar-refractivity contribution in [2.24, 2.45) is 5.73 Å². The van der Waals surface area contributed by atoms with Gasteiger partial charge in [-0.3, -0.25) is 0 Å². The van der Waals surface area contributed by atoms with Crippen LogP contribution < -0.4 is 5.73 Å². The standard InChI is InChI=1S/C13H19NO/c1-3-11-5-7-12(8-6-11)13(14)9-4-10(2)15/h5-8,13H,3-4,9,14H2,1-2H3. The van der Waals surface area contributed by atoms with Gasteiger partial charge in [0.1, 0.15) is 5.78 Å². The molecule has 0 spiro atoms. The number of Topliss-reactive ketones (excluding diaryl/α,β-unsaturated/α-hetero) is 1. The van der Waals surface area contributed by atoms with Gasteiger partial charge in [-0.15, -0.1) is 0 Å². The lowest BCUT2D eigenvalue weighted by Gasteiger charge is -2.11. The second kappa shape index (κ2) is 5.66. The van der Waals surface area contributed by atoms with Crippen LogP contribution in [0.25, 0.3) is 0 Å². The van der Waals surface area contributed by atoms with Crippen LogP contribution in [0.5, 0.6) is 0 Å². The Hall–Kier alpha value is -1.15. The van der Waals surface area contributed by atoms with Crippen LogP contribution in [0.1, 0.15) is 43.9 Å². The zero-order valence-electron chi connectivity index (χ0n) is 9.49. The second-order valence-corrected chi connectivity index (χ2v) is 3.94. The molecule has 0 heterocycles. The first-order chi connectivity index (χ1) is 7.13. The van der Waals surface area contributed by atoms with Crippen LogP contribution in [-0.4, -0.2) is 5.78 Å². The lowest BCUT2D eigenvalue weighted by Crippen LogP contribution is -2.11. The summed E-state index contributed by atoms with van der Waals surface area (Å²) >= 11 is 0. The number of carbonyl (C=O) groups is 1. The average Bonchev–Trinajstić information content (AvgIpc) is 2.26. The number of carbonyl (C=O) groups excluding carboxylic acids is 1. The predicted molar refractivity (Wildman–Crippen MR) is 62.7 cm³/mol. The predicted octanol–water partition coefficient (Wildman–Crippen LogP) is 2.62. The van der Waals surface area contributed by atoms with Crippen LogP contribution >= 0.6 is 0 Å². The molecule has 0 aliphatic heterocycles. The van der Waals surface area contributed by atoms with Crippen LogP contribution in [0.15, 0.2) is 24.3 Å². The van der Waals surface area contributed by atoms with E-state index in [0.717, 1.165) is 18.4 Å². The Morgan fingerprint density at radius 3 is 2.40 bits per heavy atom. The summed E-state index contributed by atoms with van der Waals surface area (Å²) in [5.74, 6) is 0.204. The quantitative estimate of drug-likeness (QED) is 0.803. The van der Waals surface area contributed by atoms with Gasteiger partial charge in [0.05, 0.1) is 0 Å². The van der Waals surface area contributed by atoms with E-state index in [0.29, 0.717) is 6.42 Å². The van der Waals surface area contributed by atoms with E-state index in [1.54, 1.807) is 6.92 Å². The molecule has 1 atom stereocenters. The molecule has 0 aliphatic carbocycles. The zero-order valence-corrected chi connectivity index (χ0v) is 9.49. The van der Waals surface area contributed by atoms with Gasteiger partial charge in [-0.05, 0) is 30.9 Å². The van der Waals surface area contributed by atoms with E-state index < -0.39 is 0 Å². The highest BCUT2D eigenvalue weighted by atomic mass is 16.1. The molecule has 0 aliphatic rings. The molecule has 2 nitrogen and oxygen atoms in total. The third-order valence-electron chi connectivity index (χ3n) is 2.62. The average molecular weight is 205 g/mol. The van der Waals surface area contributed by atoms with E-state index >= 15 is 0 Å². The van der Waals surface area contributed by atoms with E-state index in [1.165, 1.54) is 5.56 Å². The highest BCUT2D eigenvalue weighted by Gasteiger charge is 2.06. The summed E-state index contributed by atoms with van der Waals surface area (Å²) in [5, 5.41) is 0. The van der Waals surface area contributed by atoms with E-state index in [-0.39, 0.29) is 11.8 Å². The number of rotatable bonds is 5. The van der Waals surface area contributed by atoms with E-state index in [2.05, 4.69) is 31.2 Å². The van der Waals surface area contributed by atoms with Gasteiger partial charge in [-0.1, -0.05) is 31.2 Å². The molecule has 0 amide bonds. The molecule has 1 rings (SSSR count). The Bertz CT molecular complexity index is 316. The Morgan fingerprint density at radius 1 is 1.33 bits per heavy atom. The van der Waals surface area contributed by atoms with E-state index in [1.807, 2.05) is 0 Å². The van der Waals surface area contributed by atoms with Gasteiger partial charge >= 0.3 is 0 Å². The smallest absolute Gasteiger partial charge is 0.129 e. The number of benzene rings is 1. The van der Waals surface area contributed by atoms with Crippen LogP contribution in [-0.2, 0) is 11.2 Å². The Kier molecular flexibility index (Phi) is 4.50. The summed E-state index contributed by atoms with van der Waals surface area (Å²) in [6.07, 6.45) is 2.35. The second-order valence-electron chi connectivity index (χ2n) is 3.94. The van der Waals surface area contributed by atoms with Crippen LogP contribution in [0.3, 0.4) is 0 Å². The Balaban J connectivity index is 2.57. The first-order valence-corrected chi connectivity index (χ1v) is 5.47. The minimum atomic E-state index is -0.0141. The summed E-state index contributed by atoms with van der Waals surface area (Å²) in [7, 11) is 0. The van der Waals surface area contributed by atoms with Gasteiger partial charge in [-0.25, -0.2) is 0 Å². The molecule has 82 valence electrons. The number of ketones is 1. The lowest BCUT2D eigenvalue weighted by molar-refractivity contribution is -0.117. The molecule has 2 heteroatoms. The van der Waals surface area contributed by atoms with Crippen molar-refractivity contribution in [1.29, 1.82) is 0 Å². The third kappa shape index (κ3) is 3.84. The summed E-state index contributed by atoms with van der Waals surface area (Å²) in [4.78, 5) is 10.8. The Morgan fingerprint density at radius 2 is 1.93 bits per heavy atom. The molecule has 0 saturated carbocycles. The monoisotopic (exact) mass is 205 g/mol. The topological polar surface area (TPSA) is 43.1 Å². The maximum Gasteiger partial charge on any atom is 0.129 e. The van der Waals surface area contributed by atoms with Crippen molar-refractivity contribution in [3.05, 3.63) is 35.4 Å². The van der Waals surface area contributed by atoms with Gasteiger partial charge < -0.3 is 10.5 Å². The highest BCUT2D eigenvalue weighted by molar-refractivity contribution is 5.75. The first kappa shape index (κ1) is 11.9. The number of aryl methyl sites for hydroxylation is 1. The van der Waals surface area contributed by atoms with Crippen molar-refractivity contribution in [3.8, 4) is 0 Å². The fourth-order valence-corrected chi connectivity index (χ4v) is 1.53. The molecule has 0 bridgehead atoms. The highest BCUT2D eigenvalue weighted by Crippen LogP contribution is 2.16. The van der Waals surface area contributed by atoms with Crippen LogP contribution in [0.4, 0.5) is 0 Å². The summed E-state index contributed by atoms with van der Waals surface area (Å²) in [6.45, 7) is 3.73. The molecular weight excluding hydrogens is 186 g/mol. The van der Waals surface area contributed by atoms with Crippen LogP contribution in [0.2, 0.25) is 0 Å². The molecule has 0 aromatic heterocycles. The largest absolute Gasteiger partial charge is 0.324 e. The minimum absolute atomic E-state index is 0.0141. The van der Waals surface area contributed by atoms with Crippen molar-refractivity contribution in [3.63, 3.8) is 0 Å². The van der Waals surface area contributed by atoms with E-state index in [9.17, 15) is 4.79 Å².